The van der Waals surface area contributed by atoms with E-state index in [1.165, 1.54) is 12.1 Å². The van der Waals surface area contributed by atoms with E-state index in [0.717, 1.165) is 10.1 Å². The first-order chi connectivity index (χ1) is 10.6. The Hall–Kier alpha value is -3.01. The quantitative estimate of drug-likeness (QED) is 0.807. The lowest BCUT2D eigenvalue weighted by atomic mass is 10.1. The molecule has 7 heteroatoms. The van der Waals surface area contributed by atoms with E-state index < -0.39 is 18.5 Å². The smallest absolute Gasteiger partial charge is 0.266 e. The third kappa shape index (κ3) is 2.35. The average Bonchev–Trinajstić information content (AvgIpc) is 2.93. The van der Waals surface area contributed by atoms with Gasteiger partial charge >= 0.3 is 0 Å². The Kier molecular flexibility index (Phi) is 3.43. The van der Waals surface area contributed by atoms with E-state index in [2.05, 4.69) is 16.2 Å². The van der Waals surface area contributed by atoms with Crippen LogP contribution in [0.2, 0.25) is 0 Å². The summed E-state index contributed by atoms with van der Waals surface area (Å²) < 4.78 is 25.7. The minimum absolute atomic E-state index is 0.390. The molecule has 0 aliphatic rings. The summed E-state index contributed by atoms with van der Waals surface area (Å²) in [6.45, 7) is -0.752. The van der Waals surface area contributed by atoms with Crippen LogP contribution in [0.5, 0.6) is 0 Å². The maximum absolute atomic E-state index is 12.5. The van der Waals surface area contributed by atoms with Crippen LogP contribution in [0.1, 0.15) is 5.56 Å². The van der Waals surface area contributed by atoms with Crippen molar-refractivity contribution in [1.82, 2.24) is 14.8 Å². The number of halogens is 2. The van der Waals surface area contributed by atoms with Gasteiger partial charge in [0.1, 0.15) is 12.6 Å². The number of H-pyrrole nitrogens is 1. The van der Waals surface area contributed by atoms with Crippen LogP contribution in [0, 0.1) is 11.3 Å². The number of nitrogens with zero attached hydrogens (tertiary/aromatic N) is 3. The molecule has 0 fully saturated rings. The molecular formula is C15H10F2N4O. The first-order valence-electron chi connectivity index (χ1n) is 6.47. The average molecular weight is 300 g/mol. The minimum Gasteiger partial charge on any atom is -0.359 e. The predicted octanol–water partition coefficient (Wildman–Crippen LogP) is 2.53. The lowest BCUT2D eigenvalue weighted by Crippen LogP contribution is -2.25. The largest absolute Gasteiger partial charge is 0.359 e. The second-order valence-corrected chi connectivity index (χ2v) is 4.67. The molecule has 0 amide bonds. The summed E-state index contributed by atoms with van der Waals surface area (Å²) in [6.07, 6.45) is -1.01. The Morgan fingerprint density at radius 3 is 2.86 bits per heavy atom. The minimum atomic E-state index is -2.66. The summed E-state index contributed by atoms with van der Waals surface area (Å²) in [5.41, 5.74) is 1.58. The summed E-state index contributed by atoms with van der Waals surface area (Å²) in [5, 5.41) is 13.8. The number of benzene rings is 1. The van der Waals surface area contributed by atoms with Crippen molar-refractivity contribution >= 4 is 10.9 Å². The van der Waals surface area contributed by atoms with E-state index >= 15 is 0 Å². The summed E-state index contributed by atoms with van der Waals surface area (Å²) in [5.74, 6) is 0. The first-order valence-corrected chi connectivity index (χ1v) is 6.47. The van der Waals surface area contributed by atoms with Gasteiger partial charge in [-0.05, 0) is 12.1 Å². The normalized spacial score (nSPS) is 11.0. The highest BCUT2D eigenvalue weighted by Gasteiger charge is 2.13. The highest BCUT2D eigenvalue weighted by atomic mass is 19.3. The van der Waals surface area contributed by atoms with Crippen LogP contribution < -0.4 is 5.56 Å². The second-order valence-electron chi connectivity index (χ2n) is 4.67. The molecule has 0 atom stereocenters. The van der Waals surface area contributed by atoms with Crippen molar-refractivity contribution < 1.29 is 8.78 Å². The number of rotatable bonds is 3. The zero-order chi connectivity index (χ0) is 15.7. The molecule has 0 bridgehead atoms. The number of aromatic nitrogens is 3. The highest BCUT2D eigenvalue weighted by Crippen LogP contribution is 2.28. The molecule has 110 valence electrons. The van der Waals surface area contributed by atoms with Gasteiger partial charge in [0.2, 0.25) is 0 Å². The molecule has 22 heavy (non-hydrogen) atoms. The Morgan fingerprint density at radius 1 is 1.32 bits per heavy atom. The van der Waals surface area contributed by atoms with Gasteiger partial charge in [0.05, 0.1) is 16.8 Å². The molecule has 0 saturated carbocycles. The van der Waals surface area contributed by atoms with Gasteiger partial charge in [-0.25, -0.2) is 13.5 Å². The van der Waals surface area contributed by atoms with Gasteiger partial charge in [-0.2, -0.15) is 10.4 Å². The molecule has 1 aromatic carbocycles. The van der Waals surface area contributed by atoms with E-state index in [1.54, 1.807) is 24.4 Å². The van der Waals surface area contributed by atoms with Crippen LogP contribution in [0.3, 0.4) is 0 Å². The van der Waals surface area contributed by atoms with Gasteiger partial charge < -0.3 is 4.98 Å². The number of nitrogens with one attached hydrogen (secondary N) is 1. The van der Waals surface area contributed by atoms with Crippen molar-refractivity contribution in [1.29, 1.82) is 5.26 Å². The van der Waals surface area contributed by atoms with Gasteiger partial charge in [-0.15, -0.1) is 0 Å². The first kappa shape index (κ1) is 13.9. The van der Waals surface area contributed by atoms with E-state index in [0.29, 0.717) is 22.3 Å². The number of alkyl halides is 2. The molecule has 2 heterocycles. The third-order valence-electron chi connectivity index (χ3n) is 3.29. The van der Waals surface area contributed by atoms with Crippen LogP contribution in [-0.2, 0) is 6.54 Å². The van der Waals surface area contributed by atoms with Gasteiger partial charge in [0.25, 0.3) is 12.0 Å². The van der Waals surface area contributed by atoms with Gasteiger partial charge in [-0.1, -0.05) is 12.1 Å². The van der Waals surface area contributed by atoms with E-state index in [9.17, 15) is 13.6 Å². The summed E-state index contributed by atoms with van der Waals surface area (Å²) in [6, 6.07) is 9.96. The monoisotopic (exact) mass is 300 g/mol. The van der Waals surface area contributed by atoms with Crippen LogP contribution in [0.4, 0.5) is 8.78 Å². The lowest BCUT2D eigenvalue weighted by Gasteiger charge is -2.05. The van der Waals surface area contributed by atoms with Crippen molar-refractivity contribution in [2.75, 3.05) is 0 Å². The Bertz CT molecular complexity index is 937. The SMILES string of the molecule is N#Cc1cccc2c(-c3ccc(=O)n(CC(F)F)n3)c[nH]c12. The third-order valence-corrected chi connectivity index (χ3v) is 3.29. The molecular weight excluding hydrogens is 290 g/mol. The fourth-order valence-corrected chi connectivity index (χ4v) is 2.31. The fourth-order valence-electron chi connectivity index (χ4n) is 2.31. The standard InChI is InChI=1S/C15H10F2N4O/c16-13(17)8-21-14(22)5-4-12(20-21)11-7-19-15-9(6-18)2-1-3-10(11)15/h1-5,7,13,19H,8H2. The van der Waals surface area contributed by atoms with Crippen LogP contribution in [-0.4, -0.2) is 21.2 Å². The topological polar surface area (TPSA) is 74.5 Å². The van der Waals surface area contributed by atoms with E-state index in [-0.39, 0.29) is 0 Å². The summed E-state index contributed by atoms with van der Waals surface area (Å²) in [4.78, 5) is 14.5. The zero-order valence-electron chi connectivity index (χ0n) is 11.3. The maximum atomic E-state index is 12.5. The molecule has 5 nitrogen and oxygen atoms in total. The maximum Gasteiger partial charge on any atom is 0.266 e. The number of para-hydroxylation sites is 1. The highest BCUT2D eigenvalue weighted by molar-refractivity contribution is 5.97. The van der Waals surface area contributed by atoms with Crippen molar-refractivity contribution in [2.45, 2.75) is 13.0 Å². The molecule has 0 radical (unpaired) electrons. The molecule has 1 N–H and O–H groups in total. The number of hydrogen-bond acceptors (Lipinski definition) is 3. The van der Waals surface area contributed by atoms with E-state index in [4.69, 9.17) is 5.26 Å². The van der Waals surface area contributed by atoms with Crippen LogP contribution in [0.25, 0.3) is 22.2 Å². The molecule has 0 unspecified atom stereocenters. The molecule has 0 aliphatic carbocycles. The fraction of sp³-hybridized carbons (Fsp3) is 0.133. The van der Waals surface area contributed by atoms with Crippen LogP contribution in [0.15, 0.2) is 41.3 Å². The van der Waals surface area contributed by atoms with E-state index in [1.807, 2.05) is 0 Å². The summed E-state index contributed by atoms with van der Waals surface area (Å²) in [7, 11) is 0. The van der Waals surface area contributed by atoms with Crippen molar-refractivity contribution in [3.05, 3.63) is 52.4 Å². The second kappa shape index (κ2) is 5.41. The molecule has 3 rings (SSSR count). The Balaban J connectivity index is 2.16. The molecule has 2 aromatic heterocycles. The van der Waals surface area contributed by atoms with Crippen LogP contribution >= 0.6 is 0 Å². The van der Waals surface area contributed by atoms with Crippen molar-refractivity contribution in [2.24, 2.45) is 0 Å². The van der Waals surface area contributed by atoms with Crippen molar-refractivity contribution in [3.63, 3.8) is 0 Å². The lowest BCUT2D eigenvalue weighted by molar-refractivity contribution is 0.120. The van der Waals surface area contributed by atoms with Gasteiger partial charge in [0.15, 0.2) is 0 Å². The molecule has 0 spiro atoms. The number of aromatic amines is 1. The van der Waals surface area contributed by atoms with Crippen molar-refractivity contribution in [3.8, 4) is 17.3 Å². The Labute approximate surface area is 123 Å². The summed E-state index contributed by atoms with van der Waals surface area (Å²) >= 11 is 0. The predicted molar refractivity (Wildman–Crippen MR) is 76.5 cm³/mol. The number of nitriles is 1. The molecule has 0 aliphatic heterocycles. The molecule has 3 aromatic rings. The number of fused-ring (bicyclic) bond motifs is 1. The van der Waals surface area contributed by atoms with Gasteiger partial charge in [-0.3, -0.25) is 4.79 Å². The number of hydrogen-bond donors (Lipinski definition) is 1. The molecule has 0 saturated heterocycles. The Morgan fingerprint density at radius 2 is 2.14 bits per heavy atom. The van der Waals surface area contributed by atoms with Gasteiger partial charge in [0, 0.05) is 23.2 Å². The zero-order valence-corrected chi connectivity index (χ0v) is 11.3.